The van der Waals surface area contributed by atoms with Gasteiger partial charge >= 0.3 is 6.98 Å². The van der Waals surface area contributed by atoms with Crippen LogP contribution in [0.2, 0.25) is 0 Å². The average molecular weight is 558 g/mol. The number of para-hydroxylation sites is 1. The van der Waals surface area contributed by atoms with Crippen LogP contribution in [0.25, 0.3) is 0 Å². The van der Waals surface area contributed by atoms with Gasteiger partial charge in [-0.25, -0.2) is 22.0 Å². The Morgan fingerprint density at radius 2 is 1.05 bits per heavy atom. The minimum absolute atomic E-state index is 0.530. The van der Waals surface area contributed by atoms with Crippen molar-refractivity contribution in [3.05, 3.63) is 120 Å². The molecule has 4 aromatic rings. The van der Waals surface area contributed by atoms with E-state index in [1.54, 1.807) is 0 Å². The Hall–Kier alpha value is -3.67. The van der Waals surface area contributed by atoms with E-state index in [2.05, 4.69) is 0 Å². The van der Waals surface area contributed by atoms with E-state index in [1.807, 2.05) is 91.2 Å². The van der Waals surface area contributed by atoms with Crippen LogP contribution >= 0.6 is 0 Å². The number of hydrogen-bond acceptors (Lipinski definition) is 2. The lowest BCUT2D eigenvalue weighted by atomic mass is 9.79. The van der Waals surface area contributed by atoms with Crippen LogP contribution in [0.4, 0.5) is 34.9 Å². The molecule has 0 saturated carbocycles. The van der Waals surface area contributed by atoms with Crippen molar-refractivity contribution in [2.75, 3.05) is 6.26 Å². The van der Waals surface area contributed by atoms with Gasteiger partial charge in [0.1, 0.15) is 45.1 Å². The molecule has 0 bridgehead atoms. The topological polar surface area (TPSA) is 26.3 Å². The number of rotatable bonds is 6. The minimum atomic E-state index is -6.30. The second-order valence-electron chi connectivity index (χ2n) is 8.08. The number of halogens is 8. The van der Waals surface area contributed by atoms with Crippen molar-refractivity contribution in [3.63, 3.8) is 0 Å². The van der Waals surface area contributed by atoms with Crippen LogP contribution < -0.4 is 10.2 Å². The van der Waals surface area contributed by atoms with E-state index >= 15 is 0 Å². The third kappa shape index (κ3) is 7.00. The van der Waals surface area contributed by atoms with Gasteiger partial charge in [0.15, 0.2) is 22.3 Å². The molecule has 0 saturated heterocycles. The molecule has 12 heteroatoms. The van der Waals surface area contributed by atoms with E-state index in [0.717, 1.165) is 22.0 Å². The van der Waals surface area contributed by atoms with E-state index in [1.165, 1.54) is 0 Å². The Labute approximate surface area is 214 Å². The van der Waals surface area contributed by atoms with Crippen LogP contribution in [0.1, 0.15) is 5.56 Å². The molecule has 0 aromatic heterocycles. The van der Waals surface area contributed by atoms with E-state index in [4.69, 9.17) is 4.74 Å². The number of hydrogen-bond donors (Lipinski definition) is 0. The summed E-state index contributed by atoms with van der Waals surface area (Å²) in [6.07, 6.45) is 1.82. The minimum Gasteiger partial charge on any atom is -0.457 e. The predicted octanol–water partition coefficient (Wildman–Crippen LogP) is 7.60. The molecule has 0 aliphatic heterocycles. The zero-order valence-electron chi connectivity index (χ0n) is 19.6. The molecule has 200 valence electrons. The van der Waals surface area contributed by atoms with Gasteiger partial charge in [0, 0.05) is 5.56 Å². The van der Waals surface area contributed by atoms with Crippen molar-refractivity contribution in [3.8, 4) is 11.5 Å². The van der Waals surface area contributed by atoms with E-state index < -0.39 is 51.5 Å². The fourth-order valence-electron chi connectivity index (χ4n) is 3.30. The van der Waals surface area contributed by atoms with Gasteiger partial charge in [-0.15, -0.1) is 0 Å². The predicted molar refractivity (Wildman–Crippen MR) is 130 cm³/mol. The highest BCUT2D eigenvalue weighted by molar-refractivity contribution is 8.01. The summed E-state index contributed by atoms with van der Waals surface area (Å²) in [5.74, 6) is -11.4. The first-order valence-electron chi connectivity index (χ1n) is 10.9. The first kappa shape index (κ1) is 28.9. The largest absolute Gasteiger partial charge is 0.515 e. The van der Waals surface area contributed by atoms with E-state index in [-0.39, 0.29) is 0 Å². The highest BCUT2D eigenvalue weighted by atomic mass is 32.2. The summed E-state index contributed by atoms with van der Waals surface area (Å²) >= 11 is 0. The second kappa shape index (κ2) is 11.8. The van der Waals surface area contributed by atoms with Gasteiger partial charge in [-0.05, 0) is 41.9 Å². The molecule has 4 rings (SSSR count). The molecular formula is C26H19BF8O2S. The summed E-state index contributed by atoms with van der Waals surface area (Å²) in [5.41, 5.74) is -1.69. The maximum absolute atomic E-state index is 12.9. The third-order valence-electron chi connectivity index (χ3n) is 5.16. The van der Waals surface area contributed by atoms with Crippen molar-refractivity contribution >= 4 is 22.4 Å². The first-order chi connectivity index (χ1) is 17.8. The summed E-state index contributed by atoms with van der Waals surface area (Å²) in [6, 6.07) is 27.1. The van der Waals surface area contributed by atoms with Gasteiger partial charge in [0.2, 0.25) is 0 Å². The molecule has 0 heterocycles. The third-order valence-corrected chi connectivity index (χ3v) is 7.31. The molecule has 1 atom stereocenters. The van der Waals surface area contributed by atoms with Crippen LogP contribution in [0, 0.1) is 29.1 Å². The summed E-state index contributed by atoms with van der Waals surface area (Å²) in [7, 11) is -2.08. The fraction of sp³-hybridized carbons (Fsp3) is 0.0769. The summed E-state index contributed by atoms with van der Waals surface area (Å²) in [5, 5.41) is 0. The Balaban J connectivity index is 0.000000232. The summed E-state index contributed by atoms with van der Waals surface area (Å²) < 4.78 is 116. The van der Waals surface area contributed by atoms with Crippen LogP contribution in [0.15, 0.2) is 89.8 Å². The molecule has 0 radical (unpaired) electrons. The molecule has 2 nitrogen and oxygen atoms in total. The van der Waals surface area contributed by atoms with Crippen molar-refractivity contribution < 1.29 is 43.8 Å². The van der Waals surface area contributed by atoms with Crippen molar-refractivity contribution in [1.82, 2.24) is 0 Å². The second-order valence-corrected chi connectivity index (χ2v) is 10.8. The molecule has 0 fully saturated rings. The normalized spacial score (nSPS) is 12.8. The average Bonchev–Trinajstić information content (AvgIpc) is 2.88. The molecule has 0 N–H and O–H groups in total. The van der Waals surface area contributed by atoms with Crippen molar-refractivity contribution in [2.24, 2.45) is 0 Å². The van der Waals surface area contributed by atoms with Crippen molar-refractivity contribution in [1.29, 1.82) is 0 Å². The molecule has 0 aliphatic rings. The van der Waals surface area contributed by atoms with Crippen LogP contribution in [0.5, 0.6) is 11.5 Å². The van der Waals surface area contributed by atoms with Gasteiger partial charge in [0.25, 0.3) is 0 Å². The van der Waals surface area contributed by atoms with Gasteiger partial charge in [-0.3, -0.25) is 0 Å². The molecule has 0 aliphatic carbocycles. The zero-order valence-corrected chi connectivity index (χ0v) is 20.4. The monoisotopic (exact) mass is 558 g/mol. The molecule has 4 aromatic carbocycles. The Kier molecular flexibility index (Phi) is 8.98. The Morgan fingerprint density at radius 3 is 1.53 bits per heavy atom. The van der Waals surface area contributed by atoms with Gasteiger partial charge in [-0.1, -0.05) is 52.7 Å². The van der Waals surface area contributed by atoms with E-state index in [9.17, 15) is 39.1 Å². The first-order valence-corrected chi connectivity index (χ1v) is 13.0. The lowest BCUT2D eigenvalue weighted by Gasteiger charge is -2.17. The SMILES string of the molecule is C[S+](=O)(Cc1ccc(Oc2ccccc2)cc1)c1ccccc1.Fc1c(F)c(F)c([B-](F)(F)F)c(F)c1F. The summed E-state index contributed by atoms with van der Waals surface area (Å²) in [6.45, 7) is -6.30. The van der Waals surface area contributed by atoms with Crippen LogP contribution in [0.3, 0.4) is 0 Å². The fourth-order valence-corrected chi connectivity index (χ4v) is 5.03. The lowest BCUT2D eigenvalue weighted by Crippen LogP contribution is -2.41. The highest BCUT2D eigenvalue weighted by Crippen LogP contribution is 2.25. The van der Waals surface area contributed by atoms with Gasteiger partial charge < -0.3 is 17.7 Å². The zero-order chi connectivity index (χ0) is 28.1. The Bertz CT molecular complexity index is 1400. The van der Waals surface area contributed by atoms with Crippen LogP contribution in [-0.4, -0.2) is 13.2 Å². The standard InChI is InChI=1S/C20H19O2S.C6BF8/c1-23(21,20-10-6-3-7-11-20)16-17-12-14-19(15-13-17)22-18-8-4-2-5-9-18;8-2-1(7(13,14)15)3(9)5(11)6(12)4(2)10/h2-15H,16H2,1H3;/q+1;-1. The number of ether oxygens (including phenoxy) is 1. The Morgan fingerprint density at radius 1 is 0.632 bits per heavy atom. The smallest absolute Gasteiger partial charge is 0.457 e. The van der Waals surface area contributed by atoms with Gasteiger partial charge in [-0.2, -0.15) is 0 Å². The number of benzene rings is 4. The van der Waals surface area contributed by atoms with Crippen LogP contribution in [-0.2, 0) is 19.9 Å². The molecule has 0 amide bonds. The van der Waals surface area contributed by atoms with Gasteiger partial charge in [0.05, 0.1) is 0 Å². The van der Waals surface area contributed by atoms with E-state index in [0.29, 0.717) is 5.75 Å². The maximum Gasteiger partial charge on any atom is 0.515 e. The summed E-state index contributed by atoms with van der Waals surface area (Å²) in [4.78, 5) is 0.893. The molecule has 1 unspecified atom stereocenters. The molecule has 38 heavy (non-hydrogen) atoms. The molecular weight excluding hydrogens is 539 g/mol. The maximum atomic E-state index is 12.9. The highest BCUT2D eigenvalue weighted by Gasteiger charge is 2.37. The molecule has 0 spiro atoms. The van der Waals surface area contributed by atoms with Crippen molar-refractivity contribution in [2.45, 2.75) is 10.6 Å². The lowest BCUT2D eigenvalue weighted by molar-refractivity contribution is 0.377. The quantitative estimate of drug-likeness (QED) is 0.0801.